The quantitative estimate of drug-likeness (QED) is 0.323. The smallest absolute Gasteiger partial charge is 0.169 e. The molecule has 4 aromatic rings. The van der Waals surface area contributed by atoms with Crippen LogP contribution in [0.5, 0.6) is 0 Å². The summed E-state index contributed by atoms with van der Waals surface area (Å²) in [5, 5.41) is 1.06. The molecule has 7 heteroatoms. The van der Waals surface area contributed by atoms with Crippen molar-refractivity contribution < 1.29 is 4.79 Å². The van der Waals surface area contributed by atoms with Gasteiger partial charge in [-0.05, 0) is 78.9 Å². The molecule has 0 amide bonds. The summed E-state index contributed by atoms with van der Waals surface area (Å²) < 4.78 is 3.17. The SMILES string of the molecule is CC(=O)/C(SNc1cncc(-c2ccc3nccc(-c4ccncc4)c3c2)c1)=C(/C)N. The summed E-state index contributed by atoms with van der Waals surface area (Å²) in [6.45, 7) is 3.21. The maximum absolute atomic E-state index is 11.7. The first-order chi connectivity index (χ1) is 15.0. The Morgan fingerprint density at radius 2 is 1.71 bits per heavy atom. The lowest BCUT2D eigenvalue weighted by Crippen LogP contribution is -2.05. The van der Waals surface area contributed by atoms with Crippen molar-refractivity contribution in [2.24, 2.45) is 5.73 Å². The predicted molar refractivity (Wildman–Crippen MR) is 127 cm³/mol. The fourth-order valence-corrected chi connectivity index (χ4v) is 3.94. The molecule has 31 heavy (non-hydrogen) atoms. The molecule has 1 aromatic carbocycles. The van der Waals surface area contributed by atoms with Gasteiger partial charge in [-0.2, -0.15) is 0 Å². The number of pyridine rings is 3. The van der Waals surface area contributed by atoms with Gasteiger partial charge in [0.2, 0.25) is 0 Å². The van der Waals surface area contributed by atoms with Crippen molar-refractivity contribution in [3.05, 3.63) is 84.1 Å². The van der Waals surface area contributed by atoms with Crippen molar-refractivity contribution >= 4 is 34.3 Å². The van der Waals surface area contributed by atoms with Crippen molar-refractivity contribution in [3.63, 3.8) is 0 Å². The molecular weight excluding hydrogens is 406 g/mol. The highest BCUT2D eigenvalue weighted by Crippen LogP contribution is 2.32. The number of carbonyl (C=O) groups excluding carboxylic acids is 1. The molecule has 3 heterocycles. The summed E-state index contributed by atoms with van der Waals surface area (Å²) >= 11 is 1.20. The van der Waals surface area contributed by atoms with Crippen molar-refractivity contribution in [2.75, 3.05) is 4.72 Å². The van der Waals surface area contributed by atoms with Crippen molar-refractivity contribution in [3.8, 4) is 22.3 Å². The number of anilines is 1. The summed E-state index contributed by atoms with van der Waals surface area (Å²) in [6.07, 6.45) is 8.92. The van der Waals surface area contributed by atoms with E-state index in [-0.39, 0.29) is 5.78 Å². The molecule has 154 valence electrons. The van der Waals surface area contributed by atoms with E-state index in [0.29, 0.717) is 10.6 Å². The number of Topliss-reactive ketones (excluding diaryl/α,β-unsaturated/α-hetero) is 1. The first-order valence-electron chi connectivity index (χ1n) is 9.67. The van der Waals surface area contributed by atoms with E-state index in [9.17, 15) is 4.79 Å². The molecule has 3 aromatic heterocycles. The van der Waals surface area contributed by atoms with E-state index in [4.69, 9.17) is 5.73 Å². The van der Waals surface area contributed by atoms with Gasteiger partial charge < -0.3 is 10.5 Å². The first-order valence-corrected chi connectivity index (χ1v) is 10.5. The molecule has 6 nitrogen and oxygen atoms in total. The molecule has 0 aliphatic rings. The summed E-state index contributed by atoms with van der Waals surface area (Å²) in [6, 6.07) is 14.2. The molecule has 3 N–H and O–H groups in total. The fraction of sp³-hybridized carbons (Fsp3) is 0.0833. The Morgan fingerprint density at radius 1 is 0.903 bits per heavy atom. The van der Waals surface area contributed by atoms with Gasteiger partial charge in [0.25, 0.3) is 0 Å². The van der Waals surface area contributed by atoms with Crippen LogP contribution in [-0.4, -0.2) is 20.7 Å². The van der Waals surface area contributed by atoms with Crippen LogP contribution in [0.4, 0.5) is 5.69 Å². The molecule has 0 aliphatic carbocycles. The van der Waals surface area contributed by atoms with Gasteiger partial charge in [0.1, 0.15) is 0 Å². The lowest BCUT2D eigenvalue weighted by atomic mass is 9.98. The number of fused-ring (bicyclic) bond motifs is 1. The zero-order chi connectivity index (χ0) is 21.8. The maximum Gasteiger partial charge on any atom is 0.169 e. The van der Waals surface area contributed by atoms with E-state index in [1.54, 1.807) is 25.5 Å². The highest BCUT2D eigenvalue weighted by atomic mass is 32.2. The second-order valence-electron chi connectivity index (χ2n) is 7.06. The van der Waals surface area contributed by atoms with E-state index < -0.39 is 0 Å². The van der Waals surface area contributed by atoms with E-state index in [0.717, 1.165) is 38.8 Å². The van der Waals surface area contributed by atoms with Crippen LogP contribution in [0.15, 0.2) is 84.1 Å². The van der Waals surface area contributed by atoms with Crippen molar-refractivity contribution in [1.29, 1.82) is 0 Å². The van der Waals surface area contributed by atoms with Crippen molar-refractivity contribution in [2.45, 2.75) is 13.8 Å². The largest absolute Gasteiger partial charge is 0.401 e. The summed E-state index contributed by atoms with van der Waals surface area (Å²) in [5.41, 5.74) is 12.2. The molecule has 0 aliphatic heterocycles. The molecule has 4 rings (SSSR count). The number of nitrogens with one attached hydrogen (secondary N) is 1. The van der Waals surface area contributed by atoms with Gasteiger partial charge in [0.05, 0.1) is 22.3 Å². The van der Waals surface area contributed by atoms with E-state index in [2.05, 4.69) is 25.7 Å². The van der Waals surface area contributed by atoms with Gasteiger partial charge in [0, 0.05) is 41.4 Å². The van der Waals surface area contributed by atoms with Gasteiger partial charge in [-0.15, -0.1) is 0 Å². The van der Waals surface area contributed by atoms with E-state index in [1.165, 1.54) is 18.9 Å². The number of nitrogens with zero attached hydrogens (tertiary/aromatic N) is 3. The van der Waals surface area contributed by atoms with Gasteiger partial charge >= 0.3 is 0 Å². The second-order valence-corrected chi connectivity index (χ2v) is 7.88. The zero-order valence-corrected chi connectivity index (χ0v) is 18.0. The van der Waals surface area contributed by atoms with Crippen LogP contribution in [0.25, 0.3) is 33.2 Å². The third-order valence-electron chi connectivity index (χ3n) is 4.75. The Morgan fingerprint density at radius 3 is 2.45 bits per heavy atom. The van der Waals surface area contributed by atoms with Crippen LogP contribution in [0.2, 0.25) is 0 Å². The first kappa shape index (κ1) is 20.6. The molecule has 0 fully saturated rings. The fourth-order valence-electron chi connectivity index (χ4n) is 3.30. The number of ketones is 1. The average Bonchev–Trinajstić information content (AvgIpc) is 2.79. The van der Waals surface area contributed by atoms with Gasteiger partial charge in [0.15, 0.2) is 5.78 Å². The van der Waals surface area contributed by atoms with Gasteiger partial charge in [-0.25, -0.2) is 0 Å². The third kappa shape index (κ3) is 4.57. The molecule has 0 spiro atoms. The number of nitrogens with two attached hydrogens (primary N) is 1. The Kier molecular flexibility index (Phi) is 5.95. The van der Waals surface area contributed by atoms with Crippen LogP contribution in [0, 0.1) is 0 Å². The normalized spacial score (nSPS) is 11.8. The van der Waals surface area contributed by atoms with Gasteiger partial charge in [-0.1, -0.05) is 6.07 Å². The Hall–Kier alpha value is -3.71. The topological polar surface area (TPSA) is 93.8 Å². The average molecular weight is 428 g/mol. The van der Waals surface area contributed by atoms with Gasteiger partial charge in [-0.3, -0.25) is 19.7 Å². The summed E-state index contributed by atoms with van der Waals surface area (Å²) in [5.74, 6) is -0.0766. The molecule has 0 radical (unpaired) electrons. The number of aromatic nitrogens is 3. The highest BCUT2D eigenvalue weighted by Gasteiger charge is 2.10. The monoisotopic (exact) mass is 427 g/mol. The lowest BCUT2D eigenvalue weighted by Gasteiger charge is -2.11. The van der Waals surface area contributed by atoms with E-state index in [1.807, 2.05) is 48.8 Å². The third-order valence-corrected chi connectivity index (χ3v) is 5.90. The Labute approximate surface area is 184 Å². The predicted octanol–water partition coefficient (Wildman–Crippen LogP) is 5.20. The highest BCUT2D eigenvalue weighted by molar-refractivity contribution is 8.05. The molecular formula is C24H21N5OS. The number of carbonyl (C=O) groups is 1. The zero-order valence-electron chi connectivity index (χ0n) is 17.2. The minimum atomic E-state index is -0.0766. The molecule has 0 saturated heterocycles. The summed E-state index contributed by atoms with van der Waals surface area (Å²) in [7, 11) is 0. The summed E-state index contributed by atoms with van der Waals surface area (Å²) in [4.78, 5) is 25.2. The number of benzene rings is 1. The maximum atomic E-state index is 11.7. The minimum Gasteiger partial charge on any atom is -0.401 e. The van der Waals surface area contributed by atoms with E-state index >= 15 is 0 Å². The van der Waals surface area contributed by atoms with Crippen LogP contribution in [0.1, 0.15) is 13.8 Å². The lowest BCUT2D eigenvalue weighted by molar-refractivity contribution is -0.113. The van der Waals surface area contributed by atoms with Crippen LogP contribution in [-0.2, 0) is 4.79 Å². The minimum absolute atomic E-state index is 0.0766. The number of allylic oxidation sites excluding steroid dienone is 2. The molecule has 0 atom stereocenters. The molecule has 0 saturated carbocycles. The number of hydrogen-bond acceptors (Lipinski definition) is 7. The number of rotatable bonds is 6. The van der Waals surface area contributed by atoms with Crippen LogP contribution >= 0.6 is 11.9 Å². The number of hydrogen-bond donors (Lipinski definition) is 2. The molecule has 0 bridgehead atoms. The molecule has 0 unspecified atom stereocenters. The Bertz CT molecular complexity index is 1280. The second kappa shape index (κ2) is 8.97. The van der Waals surface area contributed by atoms with Crippen molar-refractivity contribution in [1.82, 2.24) is 15.0 Å². The van der Waals surface area contributed by atoms with Crippen LogP contribution in [0.3, 0.4) is 0 Å². The van der Waals surface area contributed by atoms with Crippen LogP contribution < -0.4 is 10.5 Å². The standard InChI is InChI=1S/C24H21N5OS/c1-15(25)24(16(2)30)31-29-20-11-19(13-27-14-20)18-3-4-23-22(12-18)21(7-10-28-23)17-5-8-26-9-6-17/h3-14,29H,25H2,1-2H3/b24-15+. The Balaban J connectivity index is 1.69.